The summed E-state index contributed by atoms with van der Waals surface area (Å²) in [6.07, 6.45) is 5.38. The van der Waals surface area contributed by atoms with E-state index in [0.717, 1.165) is 29.9 Å². The van der Waals surface area contributed by atoms with E-state index in [1.165, 1.54) is 22.3 Å². The molecule has 0 radical (unpaired) electrons. The number of carbonyl (C=O) groups is 1. The first-order valence-electron chi connectivity index (χ1n) is 11.2. The van der Waals surface area contributed by atoms with Gasteiger partial charge in [-0.1, -0.05) is 54.5 Å². The number of aromatic nitrogens is 2. The quantitative estimate of drug-likeness (QED) is 0.465. The van der Waals surface area contributed by atoms with Gasteiger partial charge in [-0.25, -0.2) is 4.98 Å². The molecule has 4 aromatic rings. The second-order valence-electron chi connectivity index (χ2n) is 8.40. The molecule has 5 rings (SSSR count). The van der Waals surface area contributed by atoms with Gasteiger partial charge < -0.3 is 5.11 Å². The molecule has 1 aliphatic heterocycles. The average molecular weight is 436 g/mol. The van der Waals surface area contributed by atoms with Gasteiger partial charge in [0, 0.05) is 12.7 Å². The van der Waals surface area contributed by atoms with Crippen molar-refractivity contribution in [2.75, 3.05) is 13.1 Å². The van der Waals surface area contributed by atoms with Crippen LogP contribution < -0.4 is 0 Å². The number of nitrogens with zero attached hydrogens (tertiary/aromatic N) is 3. The molecule has 1 fully saturated rings. The molecule has 2 aromatic heterocycles. The standard InChI is InChI=1S/C28H25N3O2/c1-20-24(21-8-3-2-4-9-21)11-5-12-25(20)22-14-17-31-23(19-29-27(31)18-22)10-6-15-30-16-7-13-26(30)28(32)33/h2-5,8-9,11-12,14,17-19,26H,7,13,15-16H2,1H3,(H,32,33)/t26-/m0/s1. The van der Waals surface area contributed by atoms with Crippen LogP contribution in [0.4, 0.5) is 0 Å². The molecule has 0 aliphatic carbocycles. The van der Waals surface area contributed by atoms with Crippen molar-refractivity contribution < 1.29 is 9.90 Å². The largest absolute Gasteiger partial charge is 0.480 e. The summed E-state index contributed by atoms with van der Waals surface area (Å²) in [7, 11) is 0. The highest BCUT2D eigenvalue weighted by atomic mass is 16.4. The van der Waals surface area contributed by atoms with Crippen LogP contribution >= 0.6 is 0 Å². The third-order valence-electron chi connectivity index (χ3n) is 6.39. The summed E-state index contributed by atoms with van der Waals surface area (Å²) in [6.45, 7) is 3.39. The molecule has 1 aliphatic rings. The Morgan fingerprint density at radius 2 is 1.88 bits per heavy atom. The third-order valence-corrected chi connectivity index (χ3v) is 6.39. The van der Waals surface area contributed by atoms with Crippen LogP contribution in [0.3, 0.4) is 0 Å². The Labute approximate surface area is 193 Å². The lowest BCUT2D eigenvalue weighted by Crippen LogP contribution is -2.36. The monoisotopic (exact) mass is 435 g/mol. The normalized spacial score (nSPS) is 16.0. The first kappa shape index (κ1) is 21.0. The van der Waals surface area contributed by atoms with Crippen molar-refractivity contribution in [2.45, 2.75) is 25.8 Å². The number of fused-ring (bicyclic) bond motifs is 1. The van der Waals surface area contributed by atoms with E-state index in [0.29, 0.717) is 13.0 Å². The van der Waals surface area contributed by atoms with Gasteiger partial charge in [-0.05, 0) is 65.6 Å². The minimum Gasteiger partial charge on any atom is -0.480 e. The molecule has 5 heteroatoms. The fourth-order valence-electron chi connectivity index (χ4n) is 4.65. The smallest absolute Gasteiger partial charge is 0.320 e. The van der Waals surface area contributed by atoms with Gasteiger partial charge in [-0.15, -0.1) is 0 Å². The minimum atomic E-state index is -0.761. The second-order valence-corrected chi connectivity index (χ2v) is 8.40. The van der Waals surface area contributed by atoms with Crippen LogP contribution in [0.25, 0.3) is 27.9 Å². The topological polar surface area (TPSA) is 57.8 Å². The number of hydrogen-bond acceptors (Lipinski definition) is 3. The van der Waals surface area contributed by atoms with Crippen LogP contribution in [-0.4, -0.2) is 44.5 Å². The molecule has 0 bridgehead atoms. The Balaban J connectivity index is 1.41. The summed E-state index contributed by atoms with van der Waals surface area (Å²) in [4.78, 5) is 17.8. The molecule has 3 heterocycles. The van der Waals surface area contributed by atoms with E-state index < -0.39 is 12.0 Å². The summed E-state index contributed by atoms with van der Waals surface area (Å²) < 4.78 is 1.98. The molecule has 2 aromatic carbocycles. The van der Waals surface area contributed by atoms with E-state index in [9.17, 15) is 9.90 Å². The minimum absolute atomic E-state index is 0.418. The van der Waals surface area contributed by atoms with Crippen molar-refractivity contribution in [1.82, 2.24) is 14.3 Å². The van der Waals surface area contributed by atoms with Gasteiger partial charge in [0.15, 0.2) is 0 Å². The average Bonchev–Trinajstić information content (AvgIpc) is 3.47. The maximum absolute atomic E-state index is 11.3. The zero-order chi connectivity index (χ0) is 22.8. The summed E-state index contributed by atoms with van der Waals surface area (Å²) in [5, 5.41) is 9.33. The van der Waals surface area contributed by atoms with E-state index in [2.05, 4.69) is 78.3 Å². The van der Waals surface area contributed by atoms with Crippen molar-refractivity contribution in [1.29, 1.82) is 0 Å². The number of aliphatic carboxylic acids is 1. The lowest BCUT2D eigenvalue weighted by Gasteiger charge is -2.17. The summed E-state index contributed by atoms with van der Waals surface area (Å²) in [6, 6.07) is 20.6. The van der Waals surface area contributed by atoms with Gasteiger partial charge >= 0.3 is 5.97 Å². The van der Waals surface area contributed by atoms with Crippen LogP contribution in [0.15, 0.2) is 73.1 Å². The van der Waals surface area contributed by atoms with Crippen LogP contribution in [0.2, 0.25) is 0 Å². The Morgan fingerprint density at radius 1 is 1.09 bits per heavy atom. The van der Waals surface area contributed by atoms with E-state index in [1.54, 1.807) is 6.20 Å². The Kier molecular flexibility index (Phi) is 5.68. The lowest BCUT2D eigenvalue weighted by atomic mass is 9.93. The highest BCUT2D eigenvalue weighted by molar-refractivity contribution is 5.79. The number of hydrogen-bond donors (Lipinski definition) is 1. The van der Waals surface area contributed by atoms with Crippen LogP contribution in [0.5, 0.6) is 0 Å². The number of benzene rings is 2. The fraction of sp³-hybridized carbons (Fsp3) is 0.214. The molecule has 33 heavy (non-hydrogen) atoms. The van der Waals surface area contributed by atoms with E-state index in [-0.39, 0.29) is 0 Å². The molecule has 1 saturated heterocycles. The summed E-state index contributed by atoms with van der Waals surface area (Å²) >= 11 is 0. The maximum atomic E-state index is 11.3. The SMILES string of the molecule is Cc1c(-c2ccccc2)cccc1-c1ccn2c(C#CCN3CCC[C@H]3C(=O)O)cnc2c1. The highest BCUT2D eigenvalue weighted by Crippen LogP contribution is 2.32. The zero-order valence-electron chi connectivity index (χ0n) is 18.5. The molecule has 5 nitrogen and oxygen atoms in total. The Bertz CT molecular complexity index is 1380. The lowest BCUT2D eigenvalue weighted by molar-refractivity contribution is -0.141. The summed E-state index contributed by atoms with van der Waals surface area (Å²) in [5.74, 6) is 5.55. The van der Waals surface area contributed by atoms with Crippen LogP contribution in [0.1, 0.15) is 24.1 Å². The molecule has 0 saturated carbocycles. The maximum Gasteiger partial charge on any atom is 0.320 e. The van der Waals surface area contributed by atoms with E-state index in [1.807, 2.05) is 21.6 Å². The second kappa shape index (κ2) is 8.93. The van der Waals surface area contributed by atoms with E-state index in [4.69, 9.17) is 0 Å². The van der Waals surface area contributed by atoms with Gasteiger partial charge in [0.1, 0.15) is 17.4 Å². The summed E-state index contributed by atoms with van der Waals surface area (Å²) in [5.41, 5.74) is 7.61. The number of carboxylic acid groups (broad SMARTS) is 1. The van der Waals surface area contributed by atoms with Gasteiger partial charge in [-0.3, -0.25) is 14.1 Å². The molecular formula is C28H25N3O2. The van der Waals surface area contributed by atoms with Crippen LogP contribution in [0, 0.1) is 18.8 Å². The van der Waals surface area contributed by atoms with Gasteiger partial charge in [0.2, 0.25) is 0 Å². The zero-order valence-corrected chi connectivity index (χ0v) is 18.5. The predicted octanol–water partition coefficient (Wildman–Crippen LogP) is 4.88. The number of pyridine rings is 1. The number of rotatable bonds is 4. The van der Waals surface area contributed by atoms with Gasteiger partial charge in [0.25, 0.3) is 0 Å². The Hall–Kier alpha value is -3.88. The number of carboxylic acids is 1. The van der Waals surface area contributed by atoms with E-state index >= 15 is 0 Å². The van der Waals surface area contributed by atoms with Crippen molar-refractivity contribution in [2.24, 2.45) is 0 Å². The molecule has 1 N–H and O–H groups in total. The molecular weight excluding hydrogens is 410 g/mol. The fourth-order valence-corrected chi connectivity index (χ4v) is 4.65. The van der Waals surface area contributed by atoms with Gasteiger partial charge in [0.05, 0.1) is 12.7 Å². The van der Waals surface area contributed by atoms with Crippen molar-refractivity contribution in [3.05, 3.63) is 84.3 Å². The number of likely N-dealkylation sites (tertiary alicyclic amines) is 1. The molecule has 0 amide bonds. The van der Waals surface area contributed by atoms with Gasteiger partial charge in [-0.2, -0.15) is 0 Å². The first-order valence-corrected chi connectivity index (χ1v) is 11.2. The van der Waals surface area contributed by atoms with Crippen molar-refractivity contribution in [3.8, 4) is 34.1 Å². The van der Waals surface area contributed by atoms with Crippen LogP contribution in [-0.2, 0) is 4.79 Å². The molecule has 0 spiro atoms. The number of imidazole rings is 1. The molecule has 164 valence electrons. The first-order chi connectivity index (χ1) is 16.1. The third kappa shape index (κ3) is 4.13. The molecule has 1 atom stereocenters. The Morgan fingerprint density at radius 3 is 2.67 bits per heavy atom. The predicted molar refractivity (Wildman–Crippen MR) is 130 cm³/mol. The molecule has 0 unspecified atom stereocenters. The van der Waals surface area contributed by atoms with Crippen molar-refractivity contribution in [3.63, 3.8) is 0 Å². The van der Waals surface area contributed by atoms with Crippen molar-refractivity contribution >= 4 is 11.6 Å². The highest BCUT2D eigenvalue weighted by Gasteiger charge is 2.29.